The average molecular weight is 356 g/mol. The molecule has 4 heteroatoms. The van der Waals surface area contributed by atoms with Gasteiger partial charge in [-0.2, -0.15) is 0 Å². The molecule has 2 atom stereocenters. The van der Waals surface area contributed by atoms with E-state index in [9.17, 15) is 4.79 Å². The molecule has 0 aromatic rings. The Morgan fingerprint density at radius 2 is 1.40 bits per heavy atom. The van der Waals surface area contributed by atoms with Crippen LogP contribution >= 0.6 is 0 Å². The normalized spacial score (nSPS) is 19.1. The summed E-state index contributed by atoms with van der Waals surface area (Å²) in [7, 11) is 0. The van der Waals surface area contributed by atoms with E-state index >= 15 is 0 Å². The monoisotopic (exact) mass is 355 g/mol. The summed E-state index contributed by atoms with van der Waals surface area (Å²) in [6.45, 7) is 3.00. The van der Waals surface area contributed by atoms with Gasteiger partial charge in [-0.1, -0.05) is 71.1 Å². The summed E-state index contributed by atoms with van der Waals surface area (Å²) in [5.41, 5.74) is 0. The van der Waals surface area contributed by atoms with Crippen LogP contribution in [-0.2, 0) is 9.53 Å². The van der Waals surface area contributed by atoms with Gasteiger partial charge in [0.05, 0.1) is 12.2 Å². The maximum Gasteiger partial charge on any atom is 0.219 e. The molecule has 0 bridgehead atoms. The Morgan fingerprint density at radius 1 is 0.840 bits per heavy atom. The second-order valence-electron chi connectivity index (χ2n) is 7.50. The number of nitrogens with one attached hydrogen (secondary N) is 1. The van der Waals surface area contributed by atoms with Crippen molar-refractivity contribution in [3.8, 4) is 0 Å². The van der Waals surface area contributed by atoms with Crippen molar-refractivity contribution in [2.75, 3.05) is 13.2 Å². The Kier molecular flexibility index (Phi) is 14.0. The van der Waals surface area contributed by atoms with Gasteiger partial charge >= 0.3 is 0 Å². The maximum atomic E-state index is 11.5. The van der Waals surface area contributed by atoms with E-state index in [4.69, 9.17) is 9.84 Å². The highest BCUT2D eigenvalue weighted by atomic mass is 16.6. The smallest absolute Gasteiger partial charge is 0.219 e. The van der Waals surface area contributed by atoms with Crippen LogP contribution in [0, 0.1) is 0 Å². The number of hydrogen-bond acceptors (Lipinski definition) is 3. The number of aliphatic hydroxyl groups excluding tert-OH is 1. The van der Waals surface area contributed by atoms with Crippen molar-refractivity contribution in [1.82, 2.24) is 5.32 Å². The number of carbonyl (C=O) groups excluding carboxylic acids is 1. The summed E-state index contributed by atoms with van der Waals surface area (Å²) in [6, 6.07) is 0. The number of hydrogen-bond donors (Lipinski definition) is 2. The molecule has 1 aliphatic rings. The van der Waals surface area contributed by atoms with Crippen LogP contribution in [0.15, 0.2) is 0 Å². The molecule has 25 heavy (non-hydrogen) atoms. The summed E-state index contributed by atoms with van der Waals surface area (Å²) in [6.07, 6.45) is 19.0. The van der Waals surface area contributed by atoms with Gasteiger partial charge in [0, 0.05) is 19.6 Å². The Hall–Kier alpha value is -0.610. The standard InChI is InChI=1S/C21H41NO3/c1-2-3-4-5-7-10-14-19-20(25-19)15-11-8-6-9-12-16-21(24)22-17-13-18-23/h19-20,23H,2-18H2,1H3,(H,22,24). The van der Waals surface area contributed by atoms with Crippen LogP contribution in [-0.4, -0.2) is 36.4 Å². The topological polar surface area (TPSA) is 61.9 Å². The molecule has 0 radical (unpaired) electrons. The molecule has 0 spiro atoms. The predicted molar refractivity (Wildman–Crippen MR) is 104 cm³/mol. The molecule has 0 aromatic heterocycles. The Labute approximate surface area is 155 Å². The van der Waals surface area contributed by atoms with E-state index in [0.29, 0.717) is 31.6 Å². The largest absolute Gasteiger partial charge is 0.396 e. The number of ether oxygens (including phenoxy) is 1. The highest BCUT2D eigenvalue weighted by Gasteiger charge is 2.36. The number of epoxide rings is 1. The molecule has 1 heterocycles. The Morgan fingerprint density at radius 3 is 2.00 bits per heavy atom. The lowest BCUT2D eigenvalue weighted by molar-refractivity contribution is -0.121. The van der Waals surface area contributed by atoms with Crippen LogP contribution < -0.4 is 5.32 Å². The zero-order chi connectivity index (χ0) is 18.2. The Balaban J connectivity index is 1.77. The first-order valence-electron chi connectivity index (χ1n) is 10.8. The molecular weight excluding hydrogens is 314 g/mol. The zero-order valence-corrected chi connectivity index (χ0v) is 16.4. The molecule has 1 saturated heterocycles. The molecule has 1 amide bonds. The van der Waals surface area contributed by atoms with Gasteiger partial charge in [-0.25, -0.2) is 0 Å². The lowest BCUT2D eigenvalue weighted by Gasteiger charge is -2.04. The van der Waals surface area contributed by atoms with Crippen LogP contribution in [0.5, 0.6) is 0 Å². The number of amides is 1. The molecule has 1 rings (SSSR count). The van der Waals surface area contributed by atoms with Gasteiger partial charge in [-0.3, -0.25) is 4.79 Å². The van der Waals surface area contributed by atoms with Gasteiger partial charge in [-0.05, 0) is 25.7 Å². The fourth-order valence-corrected chi connectivity index (χ4v) is 3.37. The molecule has 2 N–H and O–H groups in total. The van der Waals surface area contributed by atoms with Gasteiger partial charge in [0.25, 0.3) is 0 Å². The number of aliphatic hydroxyl groups is 1. The molecule has 0 saturated carbocycles. The number of rotatable bonds is 18. The first-order valence-corrected chi connectivity index (χ1v) is 10.8. The second kappa shape index (κ2) is 15.6. The number of unbranched alkanes of at least 4 members (excludes halogenated alkanes) is 9. The summed E-state index contributed by atoms with van der Waals surface area (Å²) in [4.78, 5) is 11.5. The van der Waals surface area contributed by atoms with Crippen LogP contribution in [0.1, 0.15) is 103 Å². The zero-order valence-electron chi connectivity index (χ0n) is 16.4. The third-order valence-corrected chi connectivity index (χ3v) is 5.08. The molecular formula is C21H41NO3. The van der Waals surface area contributed by atoms with Crippen molar-refractivity contribution in [2.45, 2.75) is 115 Å². The predicted octanol–water partition coefficient (Wildman–Crippen LogP) is 4.73. The van der Waals surface area contributed by atoms with Crippen LogP contribution in [0.4, 0.5) is 0 Å². The van der Waals surface area contributed by atoms with Crippen LogP contribution in [0.25, 0.3) is 0 Å². The minimum absolute atomic E-state index is 0.123. The third-order valence-electron chi connectivity index (χ3n) is 5.08. The van der Waals surface area contributed by atoms with E-state index in [-0.39, 0.29) is 12.5 Å². The van der Waals surface area contributed by atoms with Crippen molar-refractivity contribution in [1.29, 1.82) is 0 Å². The second-order valence-corrected chi connectivity index (χ2v) is 7.50. The molecule has 1 aliphatic heterocycles. The van der Waals surface area contributed by atoms with Gasteiger partial charge in [0.15, 0.2) is 0 Å². The van der Waals surface area contributed by atoms with Crippen LogP contribution in [0.2, 0.25) is 0 Å². The summed E-state index contributed by atoms with van der Waals surface area (Å²) in [5.74, 6) is 0.123. The van der Waals surface area contributed by atoms with E-state index in [1.165, 1.54) is 70.6 Å². The minimum atomic E-state index is 0.123. The highest BCUT2D eigenvalue weighted by Crippen LogP contribution is 2.31. The quantitative estimate of drug-likeness (QED) is 0.276. The molecule has 2 unspecified atom stereocenters. The highest BCUT2D eigenvalue weighted by molar-refractivity contribution is 5.75. The molecule has 4 nitrogen and oxygen atoms in total. The first kappa shape index (κ1) is 22.4. The van der Waals surface area contributed by atoms with E-state index in [1.54, 1.807) is 0 Å². The summed E-state index contributed by atoms with van der Waals surface area (Å²) in [5, 5.41) is 11.5. The van der Waals surface area contributed by atoms with Gasteiger partial charge in [0.2, 0.25) is 5.91 Å². The molecule has 0 aliphatic carbocycles. The van der Waals surface area contributed by atoms with Crippen molar-refractivity contribution in [3.63, 3.8) is 0 Å². The lowest BCUT2D eigenvalue weighted by Crippen LogP contribution is -2.24. The Bertz CT molecular complexity index is 322. The fraction of sp³-hybridized carbons (Fsp3) is 0.952. The van der Waals surface area contributed by atoms with E-state index in [0.717, 1.165) is 12.8 Å². The van der Waals surface area contributed by atoms with Crippen molar-refractivity contribution in [2.24, 2.45) is 0 Å². The number of carbonyl (C=O) groups is 1. The van der Waals surface area contributed by atoms with Crippen molar-refractivity contribution < 1.29 is 14.6 Å². The summed E-state index contributed by atoms with van der Waals surface area (Å²) < 4.78 is 5.78. The fourth-order valence-electron chi connectivity index (χ4n) is 3.37. The van der Waals surface area contributed by atoms with Crippen LogP contribution in [0.3, 0.4) is 0 Å². The average Bonchev–Trinajstić information content (AvgIpc) is 3.35. The maximum absolute atomic E-state index is 11.5. The van der Waals surface area contributed by atoms with E-state index in [1.807, 2.05) is 0 Å². The molecule has 148 valence electrons. The molecule has 0 aromatic carbocycles. The van der Waals surface area contributed by atoms with Crippen molar-refractivity contribution >= 4 is 5.91 Å². The SMILES string of the molecule is CCCCCCCCC1OC1CCCCCCCC(=O)NCCCO. The lowest BCUT2D eigenvalue weighted by atomic mass is 10.0. The van der Waals surface area contributed by atoms with Gasteiger partial charge in [0.1, 0.15) is 0 Å². The van der Waals surface area contributed by atoms with E-state index in [2.05, 4.69) is 12.2 Å². The minimum Gasteiger partial charge on any atom is -0.396 e. The summed E-state index contributed by atoms with van der Waals surface area (Å²) >= 11 is 0. The third kappa shape index (κ3) is 13.3. The van der Waals surface area contributed by atoms with Gasteiger partial charge in [-0.15, -0.1) is 0 Å². The van der Waals surface area contributed by atoms with Crippen molar-refractivity contribution in [3.05, 3.63) is 0 Å². The van der Waals surface area contributed by atoms with Gasteiger partial charge < -0.3 is 15.2 Å². The first-order chi connectivity index (χ1) is 12.3. The molecule has 1 fully saturated rings. The van der Waals surface area contributed by atoms with E-state index < -0.39 is 0 Å².